The number of hydrogen-bond acceptors (Lipinski definition) is 5. The van der Waals surface area contributed by atoms with Crippen molar-refractivity contribution in [2.24, 2.45) is 11.1 Å². The standard InChI is InChI=1S/C19H25N3O5S2/c1-14(2)13-21-29(26,27)18-8-3-15(4-9-18)5-12-19(23)22-16-6-10-17(11-7-16)28(20,24)25/h3-4,6-11,14,21H,5,12-13H2,1-2H3,(H,22,23)(H2,20,24,25). The van der Waals surface area contributed by atoms with Crippen LogP contribution in [-0.2, 0) is 31.3 Å². The topological polar surface area (TPSA) is 135 Å². The predicted octanol–water partition coefficient (Wildman–Crippen LogP) is 1.84. The molecule has 8 nitrogen and oxygen atoms in total. The summed E-state index contributed by atoms with van der Waals surface area (Å²) < 4.78 is 49.4. The summed E-state index contributed by atoms with van der Waals surface area (Å²) in [7, 11) is -7.32. The number of aryl methyl sites for hydroxylation is 1. The first kappa shape index (κ1) is 23.0. The minimum Gasteiger partial charge on any atom is -0.326 e. The lowest BCUT2D eigenvalue weighted by Crippen LogP contribution is -2.27. The van der Waals surface area contributed by atoms with Crippen molar-refractivity contribution in [2.75, 3.05) is 11.9 Å². The molecule has 0 saturated carbocycles. The SMILES string of the molecule is CC(C)CNS(=O)(=O)c1ccc(CCC(=O)Nc2ccc(S(N)(=O)=O)cc2)cc1. The molecule has 0 unspecified atom stereocenters. The van der Waals surface area contributed by atoms with E-state index in [0.29, 0.717) is 18.7 Å². The van der Waals surface area contributed by atoms with Gasteiger partial charge in [-0.05, 0) is 54.3 Å². The van der Waals surface area contributed by atoms with E-state index in [1.54, 1.807) is 12.1 Å². The lowest BCUT2D eigenvalue weighted by Gasteiger charge is -2.10. The fourth-order valence-electron chi connectivity index (χ4n) is 2.40. The van der Waals surface area contributed by atoms with Crippen LogP contribution in [0.5, 0.6) is 0 Å². The van der Waals surface area contributed by atoms with Crippen LogP contribution in [0.3, 0.4) is 0 Å². The third-order valence-corrected chi connectivity index (χ3v) is 6.39. The molecular formula is C19H25N3O5S2. The summed E-state index contributed by atoms with van der Waals surface area (Å²) in [6.07, 6.45) is 0.621. The number of nitrogens with two attached hydrogens (primary N) is 1. The summed E-state index contributed by atoms with van der Waals surface area (Å²) in [4.78, 5) is 12.2. The number of carbonyl (C=O) groups is 1. The fourth-order valence-corrected chi connectivity index (χ4v) is 4.13. The third-order valence-electron chi connectivity index (χ3n) is 4.02. The molecule has 29 heavy (non-hydrogen) atoms. The number of sulfonamides is 2. The second-order valence-corrected chi connectivity index (χ2v) is 10.3. The summed E-state index contributed by atoms with van der Waals surface area (Å²) in [6.45, 7) is 4.21. The Hall–Kier alpha value is -2.27. The van der Waals surface area contributed by atoms with E-state index in [1.165, 1.54) is 36.4 Å². The lowest BCUT2D eigenvalue weighted by molar-refractivity contribution is -0.116. The molecule has 0 aliphatic rings. The maximum absolute atomic E-state index is 12.2. The second kappa shape index (κ2) is 9.49. The van der Waals surface area contributed by atoms with E-state index in [4.69, 9.17) is 5.14 Å². The van der Waals surface area contributed by atoms with Crippen LogP contribution in [0, 0.1) is 5.92 Å². The van der Waals surface area contributed by atoms with Gasteiger partial charge in [-0.15, -0.1) is 0 Å². The molecule has 0 spiro atoms. The minimum atomic E-state index is -3.78. The second-order valence-electron chi connectivity index (χ2n) is 7.01. The molecule has 0 heterocycles. The Morgan fingerprint density at radius 2 is 1.48 bits per heavy atom. The highest BCUT2D eigenvalue weighted by Crippen LogP contribution is 2.15. The van der Waals surface area contributed by atoms with E-state index < -0.39 is 20.0 Å². The van der Waals surface area contributed by atoms with Gasteiger partial charge in [-0.25, -0.2) is 26.7 Å². The average Bonchev–Trinajstić information content (AvgIpc) is 2.65. The van der Waals surface area contributed by atoms with E-state index in [0.717, 1.165) is 5.56 Å². The molecule has 0 aliphatic carbocycles. The Bertz CT molecular complexity index is 1050. The van der Waals surface area contributed by atoms with Crippen molar-refractivity contribution in [1.29, 1.82) is 0 Å². The van der Waals surface area contributed by atoms with Gasteiger partial charge in [0, 0.05) is 18.7 Å². The van der Waals surface area contributed by atoms with Crippen molar-refractivity contribution >= 4 is 31.6 Å². The summed E-state index contributed by atoms with van der Waals surface area (Å²) >= 11 is 0. The molecular weight excluding hydrogens is 414 g/mol. The molecule has 0 bridgehead atoms. The Balaban J connectivity index is 1.90. The van der Waals surface area contributed by atoms with Crippen LogP contribution < -0.4 is 15.2 Å². The summed E-state index contributed by atoms with van der Waals surface area (Å²) in [5.74, 6) is -0.0397. The summed E-state index contributed by atoms with van der Waals surface area (Å²) in [6, 6.07) is 11.9. The van der Waals surface area contributed by atoms with Crippen molar-refractivity contribution in [1.82, 2.24) is 4.72 Å². The normalized spacial score (nSPS) is 12.1. The van der Waals surface area contributed by atoms with E-state index >= 15 is 0 Å². The Kier molecular flexibility index (Phi) is 7.53. The Labute approximate surface area is 171 Å². The highest BCUT2D eigenvalue weighted by molar-refractivity contribution is 7.89. The fraction of sp³-hybridized carbons (Fsp3) is 0.316. The van der Waals surface area contributed by atoms with Crippen molar-refractivity contribution < 1.29 is 21.6 Å². The van der Waals surface area contributed by atoms with Crippen LogP contribution in [0.15, 0.2) is 58.3 Å². The molecule has 0 aliphatic heterocycles. The largest absolute Gasteiger partial charge is 0.326 e. The number of primary sulfonamides is 1. The zero-order valence-corrected chi connectivity index (χ0v) is 17.9. The first-order chi connectivity index (χ1) is 13.5. The molecule has 4 N–H and O–H groups in total. The number of benzene rings is 2. The number of carbonyl (C=O) groups excluding carboxylic acids is 1. The predicted molar refractivity (Wildman–Crippen MR) is 111 cm³/mol. The lowest BCUT2D eigenvalue weighted by atomic mass is 10.1. The van der Waals surface area contributed by atoms with Gasteiger partial charge in [0.25, 0.3) is 0 Å². The molecule has 2 aromatic carbocycles. The molecule has 0 saturated heterocycles. The number of hydrogen-bond donors (Lipinski definition) is 3. The van der Waals surface area contributed by atoms with Gasteiger partial charge in [0.05, 0.1) is 9.79 Å². The number of nitrogens with one attached hydrogen (secondary N) is 2. The van der Waals surface area contributed by atoms with Gasteiger partial charge < -0.3 is 5.32 Å². The van der Waals surface area contributed by atoms with Crippen molar-refractivity contribution in [3.05, 3.63) is 54.1 Å². The average molecular weight is 440 g/mol. The van der Waals surface area contributed by atoms with Crippen LogP contribution in [0.4, 0.5) is 5.69 Å². The first-order valence-electron chi connectivity index (χ1n) is 8.99. The van der Waals surface area contributed by atoms with E-state index in [2.05, 4.69) is 10.0 Å². The zero-order valence-electron chi connectivity index (χ0n) is 16.3. The Morgan fingerprint density at radius 1 is 0.931 bits per heavy atom. The minimum absolute atomic E-state index is 0.0339. The smallest absolute Gasteiger partial charge is 0.240 e. The van der Waals surface area contributed by atoms with E-state index in [-0.39, 0.29) is 28.0 Å². The third kappa shape index (κ3) is 7.24. The van der Waals surface area contributed by atoms with Crippen LogP contribution in [0.1, 0.15) is 25.8 Å². The van der Waals surface area contributed by atoms with Gasteiger partial charge in [0.15, 0.2) is 0 Å². The van der Waals surface area contributed by atoms with Gasteiger partial charge in [0.1, 0.15) is 0 Å². The quantitative estimate of drug-likeness (QED) is 0.548. The monoisotopic (exact) mass is 439 g/mol. The molecule has 2 aromatic rings. The van der Waals surface area contributed by atoms with Crippen molar-refractivity contribution in [3.8, 4) is 0 Å². The van der Waals surface area contributed by atoms with Gasteiger partial charge in [-0.3, -0.25) is 4.79 Å². The van der Waals surface area contributed by atoms with E-state index in [1.807, 2.05) is 13.8 Å². The van der Waals surface area contributed by atoms with Gasteiger partial charge in [-0.2, -0.15) is 0 Å². The van der Waals surface area contributed by atoms with Crippen LogP contribution in [0.25, 0.3) is 0 Å². The molecule has 1 amide bonds. The van der Waals surface area contributed by atoms with Crippen LogP contribution in [0.2, 0.25) is 0 Å². The van der Waals surface area contributed by atoms with Gasteiger partial charge in [-0.1, -0.05) is 26.0 Å². The van der Waals surface area contributed by atoms with Crippen LogP contribution >= 0.6 is 0 Å². The molecule has 0 aromatic heterocycles. The Morgan fingerprint density at radius 3 is 2.00 bits per heavy atom. The summed E-state index contributed by atoms with van der Waals surface area (Å²) in [5.41, 5.74) is 1.28. The first-order valence-corrected chi connectivity index (χ1v) is 12.0. The van der Waals surface area contributed by atoms with Crippen molar-refractivity contribution in [2.45, 2.75) is 36.5 Å². The zero-order chi connectivity index (χ0) is 21.7. The summed E-state index contributed by atoms with van der Waals surface area (Å²) in [5, 5.41) is 7.70. The maximum atomic E-state index is 12.2. The van der Waals surface area contributed by atoms with Crippen molar-refractivity contribution in [3.63, 3.8) is 0 Å². The molecule has 0 fully saturated rings. The highest BCUT2D eigenvalue weighted by atomic mass is 32.2. The van der Waals surface area contributed by atoms with Gasteiger partial charge >= 0.3 is 0 Å². The molecule has 0 radical (unpaired) electrons. The number of anilines is 1. The number of amides is 1. The highest BCUT2D eigenvalue weighted by Gasteiger charge is 2.14. The molecule has 10 heteroatoms. The van der Waals surface area contributed by atoms with Crippen LogP contribution in [-0.4, -0.2) is 29.3 Å². The van der Waals surface area contributed by atoms with E-state index in [9.17, 15) is 21.6 Å². The number of rotatable bonds is 9. The molecule has 2 rings (SSSR count). The molecule has 158 valence electrons. The maximum Gasteiger partial charge on any atom is 0.240 e. The van der Waals surface area contributed by atoms with Gasteiger partial charge in [0.2, 0.25) is 26.0 Å². The molecule has 0 atom stereocenters.